The number of carbonyl (C=O) groups is 4. The molecule has 3 aromatic carbocycles. The van der Waals surface area contributed by atoms with Crippen molar-refractivity contribution in [3.63, 3.8) is 0 Å². The molecular formula is C65H79FN12O7. The summed E-state index contributed by atoms with van der Waals surface area (Å²) in [4.78, 5) is 85.2. The van der Waals surface area contributed by atoms with Gasteiger partial charge in [0.2, 0.25) is 11.8 Å². The van der Waals surface area contributed by atoms with Crippen molar-refractivity contribution in [3.8, 4) is 16.9 Å². The van der Waals surface area contributed by atoms with E-state index in [0.29, 0.717) is 60.6 Å². The standard InChI is InChI=1S/C65H79FN12O7/c1-71(2)65(84)56-39-55-54(38-53(62(66)63(55)69-56)47-18-15-29-75(42-47)60(80)25-31-77-32-26-68-70-77)52-23-21-49(37-58(52)85-3)73-35-33-72(34-36-73)27-13-9-7-5-4-6-8-10-14-30-78(50-22-24-59(79)76(44-50)45-61(81)82)64(83)48-19-16-28-74(43-48)57-41-67-40-46-17-11-12-20-51(46)57/h11-12,17-18,20-24,26,32,37-41,44,48,69H,4-10,13-16,19,25,27-31,33-36,42-43,45H2,1-3H3,(H,81,82). The number of halogens is 1. The summed E-state index contributed by atoms with van der Waals surface area (Å²) in [6.45, 7) is 7.27. The zero-order valence-corrected chi connectivity index (χ0v) is 49.3. The van der Waals surface area contributed by atoms with Gasteiger partial charge in [0.25, 0.3) is 11.5 Å². The number of aromatic nitrogens is 6. The number of piperidine rings is 1. The van der Waals surface area contributed by atoms with E-state index >= 15 is 4.39 Å². The molecular weight excluding hydrogens is 1080 g/mol. The van der Waals surface area contributed by atoms with E-state index in [1.165, 1.54) is 36.4 Å². The molecule has 20 heteroatoms. The molecule has 4 aromatic heterocycles. The monoisotopic (exact) mass is 1160 g/mol. The highest BCUT2D eigenvalue weighted by Gasteiger charge is 2.32. The minimum Gasteiger partial charge on any atom is -0.496 e. The van der Waals surface area contributed by atoms with Gasteiger partial charge in [-0.2, -0.15) is 0 Å². The second-order valence-electron chi connectivity index (χ2n) is 23.0. The van der Waals surface area contributed by atoms with E-state index in [1.54, 1.807) is 60.2 Å². The van der Waals surface area contributed by atoms with Crippen molar-refractivity contribution in [1.29, 1.82) is 0 Å². The van der Waals surface area contributed by atoms with Crippen LogP contribution in [0, 0.1) is 11.7 Å². The molecule has 7 aromatic rings. The molecule has 0 spiro atoms. The number of carboxylic acids is 1. The first-order valence-corrected chi connectivity index (χ1v) is 30.2. The van der Waals surface area contributed by atoms with Crippen LogP contribution in [0.15, 0.2) is 109 Å². The Labute approximate surface area is 495 Å². The molecule has 7 heterocycles. The largest absolute Gasteiger partial charge is 0.496 e. The van der Waals surface area contributed by atoms with Gasteiger partial charge >= 0.3 is 5.97 Å². The molecule has 1 atom stereocenters. The molecule has 0 saturated carbocycles. The van der Waals surface area contributed by atoms with Crippen LogP contribution in [0.1, 0.15) is 99.5 Å². The molecule has 0 aliphatic carbocycles. The molecule has 3 aliphatic rings. The normalized spacial score (nSPS) is 15.8. The number of nitrogens with zero attached hydrogens (tertiary/aromatic N) is 11. The zero-order chi connectivity index (χ0) is 59.4. The molecule has 1 unspecified atom stereocenters. The fourth-order valence-electron chi connectivity index (χ4n) is 12.4. The summed E-state index contributed by atoms with van der Waals surface area (Å²) in [7, 11) is 4.97. The predicted molar refractivity (Wildman–Crippen MR) is 330 cm³/mol. The van der Waals surface area contributed by atoms with Crippen LogP contribution in [0.5, 0.6) is 5.75 Å². The number of aliphatic carboxylic acids is 1. The molecule has 2 N–H and O–H groups in total. The first-order valence-electron chi connectivity index (χ1n) is 30.2. The van der Waals surface area contributed by atoms with Gasteiger partial charge < -0.3 is 43.9 Å². The smallest absolute Gasteiger partial charge is 0.323 e. The summed E-state index contributed by atoms with van der Waals surface area (Å²) in [6, 6.07) is 20.9. The Morgan fingerprint density at radius 2 is 1.59 bits per heavy atom. The Morgan fingerprint density at radius 3 is 2.34 bits per heavy atom. The number of H-pyrrole nitrogens is 1. The predicted octanol–water partition coefficient (Wildman–Crippen LogP) is 9.36. The number of carbonyl (C=O) groups excluding carboxylic acids is 3. The van der Waals surface area contributed by atoms with Crippen molar-refractivity contribution in [2.24, 2.45) is 5.92 Å². The maximum absolute atomic E-state index is 16.8. The van der Waals surface area contributed by atoms with Crippen molar-refractivity contribution in [2.75, 3.05) is 101 Å². The van der Waals surface area contributed by atoms with Crippen molar-refractivity contribution >= 4 is 68.0 Å². The fourth-order valence-corrected chi connectivity index (χ4v) is 12.4. The van der Waals surface area contributed by atoms with Crippen LogP contribution in [0.3, 0.4) is 0 Å². The highest BCUT2D eigenvalue weighted by molar-refractivity contribution is 6.05. The number of unbranched alkanes of at least 4 members (excludes halogenated alkanes) is 8. The third-order valence-electron chi connectivity index (χ3n) is 17.0. The minimum atomic E-state index is -1.12. The van der Waals surface area contributed by atoms with Gasteiger partial charge in [-0.05, 0) is 80.1 Å². The van der Waals surface area contributed by atoms with Crippen LogP contribution < -0.4 is 25.0 Å². The lowest BCUT2D eigenvalue weighted by Crippen LogP contribution is -2.46. The number of methoxy groups -OCH3 is 1. The Hall–Kier alpha value is -8.39. The second kappa shape index (κ2) is 28.0. The van der Waals surface area contributed by atoms with Crippen LogP contribution in [-0.4, -0.2) is 160 Å². The lowest BCUT2D eigenvalue weighted by Gasteiger charge is -2.36. The topological polar surface area (TPSA) is 199 Å². The van der Waals surface area contributed by atoms with Gasteiger partial charge in [0.15, 0.2) is 5.82 Å². The Morgan fingerprint density at radius 1 is 0.812 bits per heavy atom. The average Bonchev–Trinajstić information content (AvgIpc) is 2.20. The van der Waals surface area contributed by atoms with Crippen LogP contribution >= 0.6 is 0 Å². The highest BCUT2D eigenvalue weighted by Crippen LogP contribution is 2.42. The lowest BCUT2D eigenvalue weighted by molar-refractivity contribution is -0.137. The van der Waals surface area contributed by atoms with Gasteiger partial charge in [-0.15, -0.1) is 5.10 Å². The fraction of sp³-hybridized carbons (Fsp3) is 0.446. The van der Waals surface area contributed by atoms with Gasteiger partial charge in [0.1, 0.15) is 18.0 Å². The van der Waals surface area contributed by atoms with Gasteiger partial charge in [-0.1, -0.05) is 80.5 Å². The van der Waals surface area contributed by atoms with E-state index < -0.39 is 23.9 Å². The van der Waals surface area contributed by atoms with Gasteiger partial charge in [0.05, 0.1) is 48.9 Å². The molecule has 19 nitrogen and oxygen atoms in total. The number of ether oxygens (including phenoxy) is 1. The highest BCUT2D eigenvalue weighted by atomic mass is 19.1. The van der Waals surface area contributed by atoms with E-state index in [-0.39, 0.29) is 47.8 Å². The number of piperazine rings is 1. The Kier molecular flexibility index (Phi) is 19.7. The number of aromatic amines is 1. The number of nitrogens with one attached hydrogen (secondary N) is 1. The summed E-state index contributed by atoms with van der Waals surface area (Å²) < 4.78 is 25.7. The van der Waals surface area contributed by atoms with Crippen molar-refractivity contribution in [3.05, 3.63) is 131 Å². The number of amides is 3. The number of pyridine rings is 2. The van der Waals surface area contributed by atoms with E-state index in [1.807, 2.05) is 48.8 Å². The van der Waals surface area contributed by atoms with Crippen molar-refractivity contribution in [1.82, 2.24) is 44.2 Å². The molecule has 448 valence electrons. The molecule has 10 rings (SSSR count). The number of fused-ring (bicyclic) bond motifs is 2. The summed E-state index contributed by atoms with van der Waals surface area (Å²) in [5.41, 5.74) is 5.24. The summed E-state index contributed by atoms with van der Waals surface area (Å²) in [5, 5.41) is 20.0. The van der Waals surface area contributed by atoms with Crippen molar-refractivity contribution < 1.29 is 33.4 Å². The first kappa shape index (κ1) is 59.8. The maximum atomic E-state index is 16.8. The number of carboxylic acid groups (broad SMARTS) is 1. The number of hydrogen-bond acceptors (Lipinski definition) is 12. The Balaban J connectivity index is 0.684. The van der Waals surface area contributed by atoms with Crippen LogP contribution in [0.25, 0.3) is 38.4 Å². The number of benzene rings is 3. The second-order valence-corrected chi connectivity index (χ2v) is 23.0. The maximum Gasteiger partial charge on any atom is 0.323 e. The van der Waals surface area contributed by atoms with Crippen LogP contribution in [-0.2, 0) is 27.5 Å². The third-order valence-corrected chi connectivity index (χ3v) is 17.0. The minimum absolute atomic E-state index is 0.00436. The molecule has 3 amide bonds. The molecule has 85 heavy (non-hydrogen) atoms. The quantitative estimate of drug-likeness (QED) is 0.0514. The number of anilines is 3. The van der Waals surface area contributed by atoms with E-state index in [4.69, 9.17) is 4.74 Å². The number of rotatable bonds is 25. The van der Waals surface area contributed by atoms with Gasteiger partial charge in [-0.25, -0.2) is 4.39 Å². The molecule has 0 radical (unpaired) electrons. The van der Waals surface area contributed by atoms with Crippen LogP contribution in [0.2, 0.25) is 0 Å². The molecule has 0 bridgehead atoms. The summed E-state index contributed by atoms with van der Waals surface area (Å²) in [5.74, 6) is -1.55. The summed E-state index contributed by atoms with van der Waals surface area (Å²) >= 11 is 0. The molecule has 3 aliphatic heterocycles. The van der Waals surface area contributed by atoms with Gasteiger partial charge in [0, 0.05) is 143 Å². The Bertz CT molecular complexity index is 3570. The zero-order valence-electron chi connectivity index (χ0n) is 49.3. The van der Waals surface area contributed by atoms with Gasteiger partial charge in [-0.3, -0.25) is 38.5 Å². The average molecular weight is 1160 g/mol. The van der Waals surface area contributed by atoms with E-state index in [2.05, 4.69) is 53.2 Å². The number of hydrogen-bond donors (Lipinski definition) is 2. The number of aryl methyl sites for hydroxylation is 1. The first-order chi connectivity index (χ1) is 41.3. The summed E-state index contributed by atoms with van der Waals surface area (Å²) in [6.07, 6.45) is 22.8. The third kappa shape index (κ3) is 14.4. The SMILES string of the molecule is COc1cc(N2CCN(CCCCCCCCCCCN(C(=O)C3CCCN(c4cncc5ccccc45)C3)c3ccc(=O)n(CC(=O)O)c3)CC2)ccc1-c1cc(C2=CCCN(C(=O)CCn3ccnn3)C2)c(F)c2[nH]c(C(=O)N(C)C)cc12. The molecule has 2 saturated heterocycles. The van der Waals surface area contributed by atoms with Crippen molar-refractivity contribution in [2.45, 2.75) is 96.6 Å². The molecule has 2 fully saturated rings. The van der Waals surface area contributed by atoms with E-state index in [0.717, 1.165) is 128 Å². The van der Waals surface area contributed by atoms with Crippen LogP contribution in [0.4, 0.5) is 21.5 Å². The lowest BCUT2D eigenvalue weighted by atomic mass is 9.92. The van der Waals surface area contributed by atoms with E-state index in [9.17, 15) is 29.1 Å².